The van der Waals surface area contributed by atoms with Gasteiger partial charge in [0, 0.05) is 26.8 Å². The number of methoxy groups -OCH3 is 1. The van der Waals surface area contributed by atoms with E-state index in [2.05, 4.69) is 22.8 Å². The maximum absolute atomic E-state index is 12.1. The summed E-state index contributed by atoms with van der Waals surface area (Å²) >= 11 is 0. The number of fused-ring (bicyclic) bond motifs is 1. The van der Waals surface area contributed by atoms with Crippen LogP contribution in [0.25, 0.3) is 0 Å². The number of carbonyl (C=O) groups is 1. The lowest BCUT2D eigenvalue weighted by atomic mass is 9.95. The number of amides is 1. The van der Waals surface area contributed by atoms with Crippen molar-refractivity contribution in [3.63, 3.8) is 0 Å². The molecule has 2 rings (SSSR count). The Hall–Kier alpha value is -1.43. The summed E-state index contributed by atoms with van der Waals surface area (Å²) in [6.07, 6.45) is 1.57. The predicted octanol–water partition coefficient (Wildman–Crippen LogP) is 0.870. The molecular formula is C16H24N2O3. The molecule has 1 aromatic rings. The number of benzene rings is 1. The van der Waals surface area contributed by atoms with E-state index in [-0.39, 0.29) is 11.9 Å². The molecule has 0 aromatic heterocycles. The lowest BCUT2D eigenvalue weighted by molar-refractivity contribution is -0.123. The van der Waals surface area contributed by atoms with E-state index in [0.717, 1.165) is 19.4 Å². The first kappa shape index (κ1) is 15.9. The number of nitrogens with one attached hydrogen (secondary N) is 2. The zero-order valence-electron chi connectivity index (χ0n) is 12.6. The lowest BCUT2D eigenvalue weighted by Gasteiger charge is -2.25. The second kappa shape index (κ2) is 8.77. The fraction of sp³-hybridized carbons (Fsp3) is 0.562. The SMILES string of the molecule is COCCOCCCNC(=O)[C@H]1Cc2ccccc2CN1. The van der Waals surface area contributed by atoms with Crippen LogP contribution in [-0.2, 0) is 27.2 Å². The Kier molecular flexibility index (Phi) is 6.66. The smallest absolute Gasteiger partial charge is 0.237 e. The van der Waals surface area contributed by atoms with Crippen LogP contribution in [0.5, 0.6) is 0 Å². The Morgan fingerprint density at radius 1 is 1.29 bits per heavy atom. The normalized spacial score (nSPS) is 17.3. The van der Waals surface area contributed by atoms with E-state index in [1.165, 1.54) is 11.1 Å². The van der Waals surface area contributed by atoms with E-state index in [4.69, 9.17) is 9.47 Å². The second-order valence-electron chi connectivity index (χ2n) is 5.16. The Morgan fingerprint density at radius 2 is 2.10 bits per heavy atom. The van der Waals surface area contributed by atoms with Gasteiger partial charge in [0.1, 0.15) is 0 Å². The monoisotopic (exact) mass is 292 g/mol. The predicted molar refractivity (Wildman–Crippen MR) is 81.1 cm³/mol. The molecule has 5 nitrogen and oxygen atoms in total. The molecule has 1 aliphatic rings. The number of hydrogen-bond donors (Lipinski definition) is 2. The highest BCUT2D eigenvalue weighted by atomic mass is 16.5. The molecule has 1 atom stereocenters. The molecular weight excluding hydrogens is 268 g/mol. The van der Waals surface area contributed by atoms with Gasteiger partial charge in [-0.15, -0.1) is 0 Å². The van der Waals surface area contributed by atoms with Gasteiger partial charge >= 0.3 is 0 Å². The Bertz CT molecular complexity index is 451. The summed E-state index contributed by atoms with van der Waals surface area (Å²) in [5.74, 6) is 0.0707. The number of hydrogen-bond acceptors (Lipinski definition) is 4. The van der Waals surface area contributed by atoms with Gasteiger partial charge in [-0.1, -0.05) is 24.3 Å². The molecule has 1 heterocycles. The molecule has 21 heavy (non-hydrogen) atoms. The fourth-order valence-corrected chi connectivity index (χ4v) is 2.39. The molecule has 0 spiro atoms. The van der Waals surface area contributed by atoms with Gasteiger partial charge in [0.25, 0.3) is 0 Å². The van der Waals surface area contributed by atoms with Gasteiger partial charge in [-0.25, -0.2) is 0 Å². The van der Waals surface area contributed by atoms with Crippen molar-refractivity contribution in [1.82, 2.24) is 10.6 Å². The van der Waals surface area contributed by atoms with Gasteiger partial charge in [-0.3, -0.25) is 4.79 Å². The molecule has 1 aromatic carbocycles. The largest absolute Gasteiger partial charge is 0.382 e. The van der Waals surface area contributed by atoms with Crippen LogP contribution in [-0.4, -0.2) is 45.4 Å². The van der Waals surface area contributed by atoms with Gasteiger partial charge < -0.3 is 20.1 Å². The average molecular weight is 292 g/mol. The summed E-state index contributed by atoms with van der Waals surface area (Å²) in [5, 5.41) is 6.25. The zero-order valence-corrected chi connectivity index (χ0v) is 12.6. The molecule has 0 saturated carbocycles. The van der Waals surface area contributed by atoms with Gasteiger partial charge in [0.2, 0.25) is 5.91 Å². The molecule has 116 valence electrons. The molecule has 0 radical (unpaired) electrons. The Morgan fingerprint density at radius 3 is 2.90 bits per heavy atom. The Balaban J connectivity index is 1.64. The molecule has 0 fully saturated rings. The van der Waals surface area contributed by atoms with E-state index < -0.39 is 0 Å². The number of rotatable bonds is 8. The third-order valence-electron chi connectivity index (χ3n) is 3.59. The fourth-order valence-electron chi connectivity index (χ4n) is 2.39. The summed E-state index contributed by atoms with van der Waals surface area (Å²) in [6, 6.07) is 8.13. The third-order valence-corrected chi connectivity index (χ3v) is 3.59. The van der Waals surface area contributed by atoms with Crippen LogP contribution in [0, 0.1) is 0 Å². The van der Waals surface area contributed by atoms with E-state index in [9.17, 15) is 4.79 Å². The summed E-state index contributed by atoms with van der Waals surface area (Å²) in [7, 11) is 1.65. The van der Waals surface area contributed by atoms with Crippen LogP contribution in [0.15, 0.2) is 24.3 Å². The van der Waals surface area contributed by atoms with Crippen molar-refractivity contribution in [3.8, 4) is 0 Å². The lowest BCUT2D eigenvalue weighted by Crippen LogP contribution is -2.47. The average Bonchev–Trinajstić information content (AvgIpc) is 2.53. The van der Waals surface area contributed by atoms with Gasteiger partial charge in [0.05, 0.1) is 19.3 Å². The molecule has 1 amide bonds. The topological polar surface area (TPSA) is 59.6 Å². The summed E-state index contributed by atoms with van der Waals surface area (Å²) in [4.78, 5) is 12.1. The molecule has 0 bridgehead atoms. The van der Waals surface area contributed by atoms with Crippen molar-refractivity contribution < 1.29 is 14.3 Å². The van der Waals surface area contributed by atoms with Crippen molar-refractivity contribution in [3.05, 3.63) is 35.4 Å². The van der Waals surface area contributed by atoms with E-state index in [1.54, 1.807) is 7.11 Å². The van der Waals surface area contributed by atoms with Crippen LogP contribution < -0.4 is 10.6 Å². The van der Waals surface area contributed by atoms with Crippen LogP contribution in [0.2, 0.25) is 0 Å². The minimum Gasteiger partial charge on any atom is -0.382 e. The van der Waals surface area contributed by atoms with Crippen LogP contribution in [0.1, 0.15) is 17.5 Å². The van der Waals surface area contributed by atoms with Crippen molar-refractivity contribution >= 4 is 5.91 Å². The molecule has 5 heteroatoms. The summed E-state index contributed by atoms with van der Waals surface area (Å²) in [6.45, 7) is 3.26. The van der Waals surface area contributed by atoms with Crippen molar-refractivity contribution in [2.45, 2.75) is 25.4 Å². The Labute approximate surface area is 126 Å². The highest BCUT2D eigenvalue weighted by molar-refractivity contribution is 5.82. The first-order valence-corrected chi connectivity index (χ1v) is 7.46. The van der Waals surface area contributed by atoms with E-state index >= 15 is 0 Å². The van der Waals surface area contributed by atoms with Crippen molar-refractivity contribution in [2.24, 2.45) is 0 Å². The highest BCUT2D eigenvalue weighted by Gasteiger charge is 2.23. The minimum absolute atomic E-state index is 0.0707. The second-order valence-corrected chi connectivity index (χ2v) is 5.16. The maximum Gasteiger partial charge on any atom is 0.237 e. The molecule has 0 saturated heterocycles. The van der Waals surface area contributed by atoms with Crippen molar-refractivity contribution in [1.29, 1.82) is 0 Å². The minimum atomic E-state index is -0.130. The summed E-state index contributed by atoms with van der Waals surface area (Å²) < 4.78 is 10.2. The van der Waals surface area contributed by atoms with Crippen LogP contribution in [0.4, 0.5) is 0 Å². The maximum atomic E-state index is 12.1. The number of carbonyl (C=O) groups excluding carboxylic acids is 1. The molecule has 0 unspecified atom stereocenters. The molecule has 1 aliphatic heterocycles. The van der Waals surface area contributed by atoms with Crippen LogP contribution >= 0.6 is 0 Å². The standard InChI is InChI=1S/C16H24N2O3/c1-20-9-10-21-8-4-7-17-16(19)15-11-13-5-2-3-6-14(13)12-18-15/h2-3,5-6,15,18H,4,7-12H2,1H3,(H,17,19)/t15-/m1/s1. The van der Waals surface area contributed by atoms with Crippen LogP contribution in [0.3, 0.4) is 0 Å². The first-order chi connectivity index (χ1) is 10.3. The van der Waals surface area contributed by atoms with Gasteiger partial charge in [-0.2, -0.15) is 0 Å². The first-order valence-electron chi connectivity index (χ1n) is 7.46. The van der Waals surface area contributed by atoms with E-state index in [0.29, 0.717) is 26.4 Å². The van der Waals surface area contributed by atoms with E-state index in [1.807, 2.05) is 12.1 Å². The highest BCUT2D eigenvalue weighted by Crippen LogP contribution is 2.16. The zero-order chi connectivity index (χ0) is 14.9. The quantitative estimate of drug-likeness (QED) is 0.698. The van der Waals surface area contributed by atoms with Crippen molar-refractivity contribution in [2.75, 3.05) is 33.5 Å². The molecule has 0 aliphatic carbocycles. The number of ether oxygens (including phenoxy) is 2. The van der Waals surface area contributed by atoms with Gasteiger partial charge in [0.15, 0.2) is 0 Å². The summed E-state index contributed by atoms with van der Waals surface area (Å²) in [5.41, 5.74) is 2.55. The third kappa shape index (κ3) is 5.12. The molecule has 2 N–H and O–H groups in total. The van der Waals surface area contributed by atoms with Gasteiger partial charge in [-0.05, 0) is 24.0 Å².